The van der Waals surface area contributed by atoms with E-state index in [0.717, 1.165) is 22.3 Å². The van der Waals surface area contributed by atoms with Crippen LogP contribution in [0.4, 0.5) is 19.2 Å². The molecule has 0 spiro atoms. The molecular weight excluding hydrogens is 1000 g/mol. The molecule has 0 saturated carbocycles. The van der Waals surface area contributed by atoms with Crippen molar-refractivity contribution in [1.29, 1.82) is 0 Å². The summed E-state index contributed by atoms with van der Waals surface area (Å²) in [5, 5.41) is 17.6. The molecule has 8 N–H and O–H groups in total. The van der Waals surface area contributed by atoms with Crippen molar-refractivity contribution in [3.05, 3.63) is 119 Å². The number of nitrogens with two attached hydrogens (primary N) is 2. The maximum Gasteiger partial charge on any atom is 0.407 e. The van der Waals surface area contributed by atoms with Gasteiger partial charge in [0.25, 0.3) is 0 Å². The minimum absolute atomic E-state index is 0.0281. The molecule has 0 heterocycles. The van der Waals surface area contributed by atoms with Gasteiger partial charge in [-0.05, 0) is 86.1 Å². The number of carbonyl (C=O) groups is 6. The number of alkyl carbamates (subject to hydrolysis) is 3. The molecule has 0 bridgehead atoms. The van der Waals surface area contributed by atoms with Gasteiger partial charge < -0.3 is 70.9 Å². The molecule has 0 atom stereocenters. The zero-order chi connectivity index (χ0) is 56.7. The maximum atomic E-state index is 13.1. The summed E-state index contributed by atoms with van der Waals surface area (Å²) < 4.78 is 27.3. The highest BCUT2D eigenvalue weighted by Gasteiger charge is 2.31. The van der Waals surface area contributed by atoms with Gasteiger partial charge in [0.2, 0.25) is 11.8 Å². The van der Waals surface area contributed by atoms with Crippen LogP contribution < -0.4 is 27.4 Å². The molecule has 20 nitrogen and oxygen atoms in total. The molecule has 6 amide bonds. The fraction of sp³-hybridized carbons (Fsp3) is 0.483. The highest BCUT2D eigenvalue weighted by atomic mass is 16.6. The molecule has 6 rings (SSSR count). The Bertz CT molecular complexity index is 2500. The number of hydrogen-bond donors (Lipinski definition) is 6. The Morgan fingerprint density at radius 1 is 0.500 bits per heavy atom. The Morgan fingerprint density at radius 3 is 1.23 bits per heavy atom. The summed E-state index contributed by atoms with van der Waals surface area (Å²) in [5.74, 6) is -0.297. The van der Waals surface area contributed by atoms with Crippen molar-refractivity contribution in [3.8, 4) is 22.3 Å². The second kappa shape index (κ2) is 30.6. The van der Waals surface area contributed by atoms with Gasteiger partial charge in [0.15, 0.2) is 0 Å². The molecule has 0 aromatic heterocycles. The maximum absolute atomic E-state index is 13.1. The second-order valence-corrected chi connectivity index (χ2v) is 20.6. The topological polar surface area (TPSA) is 267 Å². The highest BCUT2D eigenvalue weighted by Crippen LogP contribution is 2.45. The number of nitrogens with zero attached hydrogens (tertiary/aromatic N) is 3. The van der Waals surface area contributed by atoms with Gasteiger partial charge in [0, 0.05) is 82.8 Å². The van der Waals surface area contributed by atoms with E-state index in [2.05, 4.69) is 64.5 Å². The number of ether oxygens (including phenoxy) is 5. The van der Waals surface area contributed by atoms with Gasteiger partial charge in [-0.25, -0.2) is 19.2 Å². The molecular formula is C58H80N8O12. The first kappa shape index (κ1) is 61.6. The predicted octanol–water partition coefficient (Wildman–Crippen LogP) is 6.74. The van der Waals surface area contributed by atoms with E-state index >= 15 is 0 Å². The highest BCUT2D eigenvalue weighted by molar-refractivity contribution is 5.81. The summed E-state index contributed by atoms with van der Waals surface area (Å²) in [4.78, 5) is 77.9. The van der Waals surface area contributed by atoms with Gasteiger partial charge >= 0.3 is 24.4 Å². The van der Waals surface area contributed by atoms with Crippen LogP contribution in [-0.2, 0) is 33.3 Å². The molecule has 0 saturated heterocycles. The third kappa shape index (κ3) is 19.0. The number of hydrogen-bond acceptors (Lipinski definition) is 13. The molecule has 424 valence electrons. The van der Waals surface area contributed by atoms with Crippen molar-refractivity contribution < 1.29 is 57.6 Å². The van der Waals surface area contributed by atoms with Crippen LogP contribution in [-0.4, -0.2) is 172 Å². The van der Waals surface area contributed by atoms with Crippen molar-refractivity contribution in [2.24, 2.45) is 11.5 Å². The minimum atomic E-state index is -1.08. The van der Waals surface area contributed by atoms with E-state index in [9.17, 15) is 33.9 Å². The van der Waals surface area contributed by atoms with Gasteiger partial charge in [0.1, 0.15) is 18.8 Å². The monoisotopic (exact) mass is 1080 g/mol. The Morgan fingerprint density at radius 2 is 0.872 bits per heavy atom. The molecule has 0 radical (unpaired) electrons. The minimum Gasteiger partial charge on any atom is -0.465 e. The van der Waals surface area contributed by atoms with Gasteiger partial charge in [-0.15, -0.1) is 0 Å². The smallest absolute Gasteiger partial charge is 0.407 e. The largest absolute Gasteiger partial charge is 0.465 e. The molecule has 78 heavy (non-hydrogen) atoms. The van der Waals surface area contributed by atoms with Crippen molar-refractivity contribution in [1.82, 2.24) is 30.7 Å². The lowest BCUT2D eigenvalue weighted by molar-refractivity contribution is -0.133. The summed E-state index contributed by atoms with van der Waals surface area (Å²) in [6.45, 7) is 14.7. The number of fused-ring (bicyclic) bond motifs is 6. The lowest BCUT2D eigenvalue weighted by atomic mass is 9.98. The third-order valence-corrected chi connectivity index (χ3v) is 12.8. The Hall–Kier alpha value is -7.26. The van der Waals surface area contributed by atoms with Crippen LogP contribution in [0.1, 0.15) is 88.5 Å². The first-order valence-corrected chi connectivity index (χ1v) is 26.6. The van der Waals surface area contributed by atoms with Crippen LogP contribution in [0, 0.1) is 0 Å². The van der Waals surface area contributed by atoms with E-state index < -0.39 is 35.5 Å². The first-order valence-electron chi connectivity index (χ1n) is 26.6. The summed E-state index contributed by atoms with van der Waals surface area (Å²) >= 11 is 0. The van der Waals surface area contributed by atoms with Crippen LogP contribution in [0.15, 0.2) is 97.1 Å². The van der Waals surface area contributed by atoms with E-state index in [4.69, 9.17) is 35.2 Å². The molecule has 0 fully saturated rings. The Labute approximate surface area is 458 Å². The standard InChI is InChI=1S/C34H48N4O8.C24H32N4O4/c1-33(2,3)38(32(42)43)20-19-37(18-16-35-31(41)46-34(4,5)6)29(39)15-21-44-22-17-36-30(40)45-23-28-26-13-9-7-11-24(26)25-12-8-10-14-27(25)28;25-10-13-28(14-11-26)23(29)9-15-31-16-12-27-24(30)32-17-22-20-7-3-1-5-18(20)19-6-2-4-8-21(19)22/h7-14,28H,15-23H2,1-6H3,(H,35,41)(H,36,40)(H,42,43);1-8,22H,9-17,25-26H2,(H,27,30). The Kier molecular flexibility index (Phi) is 24.2. The fourth-order valence-electron chi connectivity index (χ4n) is 9.17. The van der Waals surface area contributed by atoms with Gasteiger partial charge in [-0.1, -0.05) is 97.1 Å². The lowest BCUT2D eigenvalue weighted by Crippen LogP contribution is -2.50. The van der Waals surface area contributed by atoms with Crippen molar-refractivity contribution >= 4 is 36.2 Å². The number of rotatable bonds is 26. The van der Waals surface area contributed by atoms with E-state index in [1.807, 2.05) is 48.5 Å². The second-order valence-electron chi connectivity index (χ2n) is 20.6. The Balaban J connectivity index is 0.000000306. The quantitative estimate of drug-likeness (QED) is 0.0281. The van der Waals surface area contributed by atoms with Gasteiger partial charge in [-0.2, -0.15) is 0 Å². The zero-order valence-electron chi connectivity index (χ0n) is 46.1. The summed E-state index contributed by atoms with van der Waals surface area (Å²) in [6, 6.07) is 32.6. The van der Waals surface area contributed by atoms with Crippen molar-refractivity contribution in [3.63, 3.8) is 0 Å². The molecule has 20 heteroatoms. The summed E-state index contributed by atoms with van der Waals surface area (Å²) in [6.07, 6.45) is -2.42. The number of nitrogens with one attached hydrogen (secondary N) is 3. The van der Waals surface area contributed by atoms with Crippen LogP contribution >= 0.6 is 0 Å². The molecule has 0 aliphatic heterocycles. The van der Waals surface area contributed by atoms with Crippen LogP contribution in [0.25, 0.3) is 22.3 Å². The fourth-order valence-corrected chi connectivity index (χ4v) is 9.17. The molecule has 2 aliphatic carbocycles. The van der Waals surface area contributed by atoms with Crippen molar-refractivity contribution in [2.45, 2.75) is 77.4 Å². The number of benzene rings is 4. The van der Waals surface area contributed by atoms with Gasteiger partial charge in [0.05, 0.1) is 39.3 Å². The van der Waals surface area contributed by atoms with E-state index in [-0.39, 0.29) is 102 Å². The van der Waals surface area contributed by atoms with Gasteiger partial charge in [-0.3, -0.25) is 9.59 Å². The van der Waals surface area contributed by atoms with Crippen LogP contribution in [0.3, 0.4) is 0 Å². The normalized spacial score (nSPS) is 12.4. The number of carbonyl (C=O) groups excluding carboxylic acids is 5. The summed E-state index contributed by atoms with van der Waals surface area (Å²) in [5.41, 5.74) is 19.0. The SMILES string of the molecule is CC(C)(C)OC(=O)NCCN(CCN(C(=O)O)C(C)(C)C)C(=O)CCOCCNC(=O)OCC1c2ccccc2-c2ccccc21.NCCN(CCN)C(=O)CCOCCNC(=O)OCC1c2ccccc2-c2ccccc21. The zero-order valence-corrected chi connectivity index (χ0v) is 46.1. The average Bonchev–Trinajstić information content (AvgIpc) is 3.96. The molecule has 4 aromatic carbocycles. The predicted molar refractivity (Wildman–Crippen MR) is 297 cm³/mol. The van der Waals surface area contributed by atoms with E-state index in [1.54, 1.807) is 46.4 Å². The van der Waals surface area contributed by atoms with E-state index in [1.165, 1.54) is 32.1 Å². The van der Waals surface area contributed by atoms with E-state index in [0.29, 0.717) is 39.3 Å². The van der Waals surface area contributed by atoms with Crippen LogP contribution in [0.2, 0.25) is 0 Å². The molecule has 0 unspecified atom stereocenters. The van der Waals surface area contributed by atoms with Crippen molar-refractivity contribution in [2.75, 3.05) is 105 Å². The first-order chi connectivity index (χ1) is 37.3. The summed E-state index contributed by atoms with van der Waals surface area (Å²) in [7, 11) is 0. The molecule has 2 aliphatic rings. The molecule has 4 aromatic rings. The number of amides is 6. The third-order valence-electron chi connectivity index (χ3n) is 12.8. The van der Waals surface area contributed by atoms with Crippen LogP contribution in [0.5, 0.6) is 0 Å². The lowest BCUT2D eigenvalue weighted by Gasteiger charge is -2.35. The average molecular weight is 1080 g/mol. The number of carboxylic acid groups (broad SMARTS) is 1.